The normalized spacial score (nSPS) is 9.94. The highest BCUT2D eigenvalue weighted by atomic mass is 32.2. The minimum atomic E-state index is 0.752. The van der Waals surface area contributed by atoms with E-state index < -0.39 is 0 Å². The number of nitriles is 1. The Hall–Kier alpha value is -1.72. The molecule has 0 bridgehead atoms. The Morgan fingerprint density at radius 1 is 1.00 bits per heavy atom. The lowest BCUT2D eigenvalue weighted by molar-refractivity contribution is 1.26. The quantitative estimate of drug-likeness (QED) is 0.779. The molecular weight excluding hydrogens is 226 g/mol. The Labute approximate surface area is 106 Å². The van der Waals surface area contributed by atoms with E-state index in [-0.39, 0.29) is 0 Å². The zero-order valence-electron chi connectivity index (χ0n) is 9.90. The molecule has 84 valence electrons. The zero-order valence-corrected chi connectivity index (χ0v) is 10.7. The average Bonchev–Trinajstić information content (AvgIpc) is 2.35. The fourth-order valence-electron chi connectivity index (χ4n) is 1.58. The van der Waals surface area contributed by atoms with Crippen molar-refractivity contribution in [2.24, 2.45) is 0 Å². The van der Waals surface area contributed by atoms with Crippen molar-refractivity contribution in [1.82, 2.24) is 0 Å². The fraction of sp³-hybridized carbons (Fsp3) is 0.133. The first-order valence-corrected chi connectivity index (χ1v) is 6.26. The number of benzene rings is 2. The standard InChI is InChI=1S/C15H13NS/c1-11-6-8-14(9-7-11)17-15-5-3-4-13(10-16)12(15)2/h3-9H,1-2H3. The van der Waals surface area contributed by atoms with E-state index >= 15 is 0 Å². The summed E-state index contributed by atoms with van der Waals surface area (Å²) in [7, 11) is 0. The van der Waals surface area contributed by atoms with E-state index in [2.05, 4.69) is 43.3 Å². The van der Waals surface area contributed by atoms with E-state index in [0.717, 1.165) is 16.0 Å². The average molecular weight is 239 g/mol. The van der Waals surface area contributed by atoms with Gasteiger partial charge in [-0.15, -0.1) is 0 Å². The Morgan fingerprint density at radius 3 is 2.35 bits per heavy atom. The molecule has 0 atom stereocenters. The molecule has 1 nitrogen and oxygen atoms in total. The zero-order chi connectivity index (χ0) is 12.3. The molecular formula is C15H13NS. The molecule has 17 heavy (non-hydrogen) atoms. The molecule has 0 amide bonds. The number of hydrogen-bond donors (Lipinski definition) is 0. The molecule has 2 rings (SSSR count). The van der Waals surface area contributed by atoms with E-state index in [1.165, 1.54) is 10.5 Å². The summed E-state index contributed by atoms with van der Waals surface area (Å²) in [5.41, 5.74) is 3.07. The number of hydrogen-bond acceptors (Lipinski definition) is 2. The molecule has 0 spiro atoms. The van der Waals surface area contributed by atoms with Crippen LogP contribution in [0.3, 0.4) is 0 Å². The second-order valence-corrected chi connectivity index (χ2v) is 5.07. The van der Waals surface area contributed by atoms with Gasteiger partial charge in [-0.05, 0) is 43.7 Å². The third kappa shape index (κ3) is 2.69. The summed E-state index contributed by atoms with van der Waals surface area (Å²) in [5, 5.41) is 8.99. The van der Waals surface area contributed by atoms with Crippen molar-refractivity contribution in [3.05, 3.63) is 59.2 Å². The summed E-state index contributed by atoms with van der Waals surface area (Å²) < 4.78 is 0. The summed E-state index contributed by atoms with van der Waals surface area (Å²) in [6.45, 7) is 4.07. The number of nitrogens with zero attached hydrogens (tertiary/aromatic N) is 1. The largest absolute Gasteiger partial charge is 0.192 e. The molecule has 0 heterocycles. The minimum absolute atomic E-state index is 0.752. The molecule has 0 saturated heterocycles. The van der Waals surface area contributed by atoms with Gasteiger partial charge in [0.2, 0.25) is 0 Å². The van der Waals surface area contributed by atoms with Crippen LogP contribution in [0.15, 0.2) is 52.3 Å². The van der Waals surface area contributed by atoms with Gasteiger partial charge in [-0.3, -0.25) is 0 Å². The number of aryl methyl sites for hydroxylation is 1. The molecule has 2 heteroatoms. The molecule has 0 aliphatic rings. The van der Waals surface area contributed by atoms with Crippen LogP contribution < -0.4 is 0 Å². The van der Waals surface area contributed by atoms with E-state index in [1.54, 1.807) is 11.8 Å². The summed E-state index contributed by atoms with van der Waals surface area (Å²) in [6.07, 6.45) is 0. The van der Waals surface area contributed by atoms with Crippen LogP contribution in [0.2, 0.25) is 0 Å². The predicted molar refractivity (Wildman–Crippen MR) is 71.2 cm³/mol. The maximum absolute atomic E-state index is 8.99. The third-order valence-corrected chi connectivity index (χ3v) is 3.82. The first kappa shape index (κ1) is 11.8. The Bertz CT molecular complexity index is 564. The van der Waals surface area contributed by atoms with Crippen LogP contribution in [0, 0.1) is 25.2 Å². The summed E-state index contributed by atoms with van der Waals surface area (Å²) in [5.74, 6) is 0. The van der Waals surface area contributed by atoms with Crippen LogP contribution in [0.25, 0.3) is 0 Å². The van der Waals surface area contributed by atoms with Crippen molar-refractivity contribution in [3.63, 3.8) is 0 Å². The van der Waals surface area contributed by atoms with Crippen molar-refractivity contribution in [2.75, 3.05) is 0 Å². The summed E-state index contributed by atoms with van der Waals surface area (Å²) >= 11 is 1.70. The van der Waals surface area contributed by atoms with Gasteiger partial charge in [-0.25, -0.2) is 0 Å². The van der Waals surface area contributed by atoms with Gasteiger partial charge < -0.3 is 0 Å². The molecule has 0 radical (unpaired) electrons. The van der Waals surface area contributed by atoms with E-state index in [0.29, 0.717) is 0 Å². The first-order chi connectivity index (χ1) is 8.20. The number of rotatable bonds is 2. The smallest absolute Gasteiger partial charge is 0.0994 e. The third-order valence-electron chi connectivity index (χ3n) is 2.65. The van der Waals surface area contributed by atoms with Crippen molar-refractivity contribution in [2.45, 2.75) is 23.6 Å². The minimum Gasteiger partial charge on any atom is -0.192 e. The van der Waals surface area contributed by atoms with Crippen molar-refractivity contribution in [3.8, 4) is 6.07 Å². The van der Waals surface area contributed by atoms with Gasteiger partial charge in [-0.2, -0.15) is 5.26 Å². The van der Waals surface area contributed by atoms with E-state index in [4.69, 9.17) is 5.26 Å². The van der Waals surface area contributed by atoms with Crippen molar-refractivity contribution < 1.29 is 0 Å². The van der Waals surface area contributed by atoms with Gasteiger partial charge in [0, 0.05) is 9.79 Å². The molecule has 2 aromatic carbocycles. The van der Waals surface area contributed by atoms with Crippen LogP contribution in [-0.2, 0) is 0 Å². The molecule has 0 aliphatic heterocycles. The highest BCUT2D eigenvalue weighted by molar-refractivity contribution is 7.99. The second kappa shape index (κ2) is 5.07. The van der Waals surface area contributed by atoms with Gasteiger partial charge in [0.1, 0.15) is 0 Å². The van der Waals surface area contributed by atoms with Crippen molar-refractivity contribution in [1.29, 1.82) is 5.26 Å². The second-order valence-electron chi connectivity index (χ2n) is 3.96. The lowest BCUT2D eigenvalue weighted by Crippen LogP contribution is -1.85. The summed E-state index contributed by atoms with van der Waals surface area (Å²) in [4.78, 5) is 2.35. The highest BCUT2D eigenvalue weighted by Crippen LogP contribution is 2.31. The Morgan fingerprint density at radius 2 is 1.71 bits per heavy atom. The Kier molecular flexibility index (Phi) is 3.51. The first-order valence-electron chi connectivity index (χ1n) is 5.45. The van der Waals surface area contributed by atoms with Crippen LogP contribution in [0.1, 0.15) is 16.7 Å². The van der Waals surface area contributed by atoms with Crippen LogP contribution >= 0.6 is 11.8 Å². The lowest BCUT2D eigenvalue weighted by Gasteiger charge is -2.06. The Balaban J connectivity index is 2.31. The van der Waals surface area contributed by atoms with Crippen LogP contribution in [0.5, 0.6) is 0 Å². The van der Waals surface area contributed by atoms with Gasteiger partial charge in [-0.1, -0.05) is 35.5 Å². The molecule has 2 aromatic rings. The topological polar surface area (TPSA) is 23.8 Å². The monoisotopic (exact) mass is 239 g/mol. The van der Waals surface area contributed by atoms with Crippen molar-refractivity contribution >= 4 is 11.8 Å². The highest BCUT2D eigenvalue weighted by Gasteiger charge is 2.04. The lowest BCUT2D eigenvalue weighted by atomic mass is 10.1. The van der Waals surface area contributed by atoms with Crippen LogP contribution in [0.4, 0.5) is 0 Å². The fourth-order valence-corrected chi connectivity index (χ4v) is 2.52. The summed E-state index contributed by atoms with van der Waals surface area (Å²) in [6, 6.07) is 16.5. The van der Waals surface area contributed by atoms with Gasteiger partial charge in [0.15, 0.2) is 0 Å². The molecule has 0 saturated carbocycles. The van der Waals surface area contributed by atoms with Crippen LogP contribution in [-0.4, -0.2) is 0 Å². The van der Waals surface area contributed by atoms with Gasteiger partial charge in [0.05, 0.1) is 11.6 Å². The van der Waals surface area contributed by atoms with E-state index in [9.17, 15) is 0 Å². The van der Waals surface area contributed by atoms with Gasteiger partial charge >= 0.3 is 0 Å². The van der Waals surface area contributed by atoms with E-state index in [1.807, 2.05) is 19.1 Å². The van der Waals surface area contributed by atoms with Gasteiger partial charge in [0.25, 0.3) is 0 Å². The molecule has 0 unspecified atom stereocenters. The molecule has 0 aliphatic carbocycles. The maximum Gasteiger partial charge on any atom is 0.0994 e. The molecule has 0 N–H and O–H groups in total. The molecule has 0 fully saturated rings. The maximum atomic E-state index is 8.99. The molecule has 0 aromatic heterocycles. The predicted octanol–water partition coefficient (Wildman–Crippen LogP) is 4.33. The SMILES string of the molecule is Cc1ccc(Sc2cccc(C#N)c2C)cc1.